The lowest BCUT2D eigenvalue weighted by atomic mass is 10.2. The Morgan fingerprint density at radius 1 is 1.24 bits per heavy atom. The highest BCUT2D eigenvalue weighted by Crippen LogP contribution is 2.29. The third-order valence-corrected chi connectivity index (χ3v) is 2.59. The summed E-state index contributed by atoms with van der Waals surface area (Å²) in [5.74, 6) is 0.793. The van der Waals surface area contributed by atoms with Gasteiger partial charge in [0.25, 0.3) is 0 Å². The molecular weight excluding hydrogens is 274 g/mol. The Kier molecular flexibility index (Phi) is 6.32. The number of ether oxygens (including phenoxy) is 2. The molecular formula is C14H21N3O4. The largest absolute Gasteiger partial charge is 0.494 e. The van der Waals surface area contributed by atoms with Gasteiger partial charge in [-0.2, -0.15) is 0 Å². The van der Waals surface area contributed by atoms with Crippen molar-refractivity contribution in [1.29, 1.82) is 0 Å². The zero-order valence-electron chi connectivity index (χ0n) is 12.5. The third kappa shape index (κ3) is 5.21. The van der Waals surface area contributed by atoms with Gasteiger partial charge in [0.15, 0.2) is 0 Å². The molecule has 7 heteroatoms. The fourth-order valence-corrected chi connectivity index (χ4v) is 1.63. The van der Waals surface area contributed by atoms with Crippen LogP contribution in [0.2, 0.25) is 0 Å². The topological polar surface area (TPSA) is 93.9 Å². The summed E-state index contributed by atoms with van der Waals surface area (Å²) >= 11 is 0. The summed E-state index contributed by atoms with van der Waals surface area (Å²) in [6.07, 6.45) is 0. The van der Waals surface area contributed by atoms with Crippen LogP contribution in [0, 0.1) is 0 Å². The first-order valence-corrected chi connectivity index (χ1v) is 6.68. The van der Waals surface area contributed by atoms with Crippen LogP contribution in [-0.4, -0.2) is 43.6 Å². The number of hydrogen-bond donors (Lipinski definition) is 2. The van der Waals surface area contributed by atoms with Crippen molar-refractivity contribution in [2.75, 3.05) is 32.1 Å². The Bertz CT molecular complexity index is 505. The molecule has 21 heavy (non-hydrogen) atoms. The van der Waals surface area contributed by atoms with E-state index in [-0.39, 0.29) is 12.5 Å². The van der Waals surface area contributed by atoms with Crippen LogP contribution in [0.5, 0.6) is 11.5 Å². The smallest absolute Gasteiger partial charge is 0.314 e. The molecule has 1 aromatic carbocycles. The molecule has 1 aromatic rings. The first-order valence-electron chi connectivity index (χ1n) is 6.68. The Morgan fingerprint density at radius 2 is 1.90 bits per heavy atom. The molecule has 1 rings (SSSR count). The maximum atomic E-state index is 11.9. The van der Waals surface area contributed by atoms with Gasteiger partial charge in [-0.25, -0.2) is 4.79 Å². The molecule has 0 saturated heterocycles. The second kappa shape index (κ2) is 7.98. The van der Waals surface area contributed by atoms with Crippen molar-refractivity contribution in [3.05, 3.63) is 18.2 Å². The molecule has 0 heterocycles. The van der Waals surface area contributed by atoms with E-state index in [2.05, 4.69) is 5.32 Å². The molecule has 0 atom stereocenters. The number of anilines is 1. The monoisotopic (exact) mass is 295 g/mol. The quantitative estimate of drug-likeness (QED) is 0.795. The second-order valence-electron chi connectivity index (χ2n) is 4.27. The highest BCUT2D eigenvalue weighted by Gasteiger charge is 2.13. The van der Waals surface area contributed by atoms with E-state index in [0.29, 0.717) is 30.4 Å². The SMILES string of the molecule is CCOc1ccc(OCC)c(NC(=O)CN(C)C(N)=O)c1. The minimum Gasteiger partial charge on any atom is -0.494 e. The number of nitrogens with two attached hydrogens (primary N) is 1. The molecule has 0 aliphatic heterocycles. The summed E-state index contributed by atoms with van der Waals surface area (Å²) in [6, 6.07) is 4.50. The lowest BCUT2D eigenvalue weighted by molar-refractivity contribution is -0.116. The van der Waals surface area contributed by atoms with Crippen LogP contribution in [-0.2, 0) is 4.79 Å². The number of urea groups is 1. The number of nitrogens with one attached hydrogen (secondary N) is 1. The Morgan fingerprint density at radius 3 is 2.48 bits per heavy atom. The van der Waals surface area contributed by atoms with E-state index >= 15 is 0 Å². The van der Waals surface area contributed by atoms with Gasteiger partial charge in [-0.05, 0) is 26.0 Å². The van der Waals surface area contributed by atoms with Crippen molar-refractivity contribution in [3.63, 3.8) is 0 Å². The number of benzene rings is 1. The predicted octanol–water partition coefficient (Wildman–Crippen LogP) is 1.43. The highest BCUT2D eigenvalue weighted by molar-refractivity contribution is 5.95. The van der Waals surface area contributed by atoms with E-state index in [0.717, 1.165) is 4.90 Å². The van der Waals surface area contributed by atoms with Crippen LogP contribution >= 0.6 is 0 Å². The van der Waals surface area contributed by atoms with E-state index in [1.54, 1.807) is 18.2 Å². The van der Waals surface area contributed by atoms with Crippen LogP contribution in [0.3, 0.4) is 0 Å². The second-order valence-corrected chi connectivity index (χ2v) is 4.27. The van der Waals surface area contributed by atoms with Gasteiger partial charge < -0.3 is 25.4 Å². The molecule has 3 amide bonds. The Labute approximate surface area is 124 Å². The lowest BCUT2D eigenvalue weighted by Gasteiger charge is -2.16. The number of amides is 3. The van der Waals surface area contributed by atoms with Crippen LogP contribution in [0.25, 0.3) is 0 Å². The van der Waals surface area contributed by atoms with Gasteiger partial charge in [0.1, 0.15) is 18.0 Å². The molecule has 0 spiro atoms. The normalized spacial score (nSPS) is 9.86. The number of carbonyl (C=O) groups is 2. The number of hydrogen-bond acceptors (Lipinski definition) is 4. The number of rotatable bonds is 7. The molecule has 0 bridgehead atoms. The lowest BCUT2D eigenvalue weighted by Crippen LogP contribution is -2.38. The molecule has 116 valence electrons. The summed E-state index contributed by atoms with van der Waals surface area (Å²) in [5, 5.41) is 2.69. The summed E-state index contributed by atoms with van der Waals surface area (Å²) in [5.41, 5.74) is 5.57. The van der Waals surface area contributed by atoms with Gasteiger partial charge in [0.05, 0.1) is 18.9 Å². The number of likely N-dealkylation sites (N-methyl/N-ethyl adjacent to an activating group) is 1. The maximum absolute atomic E-state index is 11.9. The first kappa shape index (κ1) is 16.6. The Hall–Kier alpha value is -2.44. The van der Waals surface area contributed by atoms with Gasteiger partial charge >= 0.3 is 6.03 Å². The molecule has 0 aliphatic rings. The molecule has 3 N–H and O–H groups in total. The zero-order valence-corrected chi connectivity index (χ0v) is 12.5. The third-order valence-electron chi connectivity index (χ3n) is 2.59. The molecule has 0 saturated carbocycles. The fourth-order valence-electron chi connectivity index (χ4n) is 1.63. The highest BCUT2D eigenvalue weighted by atomic mass is 16.5. The van der Waals surface area contributed by atoms with Crippen molar-refractivity contribution in [3.8, 4) is 11.5 Å². The summed E-state index contributed by atoms with van der Waals surface area (Å²) in [4.78, 5) is 23.9. The van der Waals surface area contributed by atoms with Crippen LogP contribution in [0.1, 0.15) is 13.8 Å². The van der Waals surface area contributed by atoms with Crippen molar-refractivity contribution >= 4 is 17.6 Å². The number of carbonyl (C=O) groups excluding carboxylic acids is 2. The van der Waals surface area contributed by atoms with E-state index in [4.69, 9.17) is 15.2 Å². The van der Waals surface area contributed by atoms with Gasteiger partial charge in [-0.15, -0.1) is 0 Å². The van der Waals surface area contributed by atoms with Gasteiger partial charge in [0.2, 0.25) is 5.91 Å². The van der Waals surface area contributed by atoms with E-state index in [1.807, 2.05) is 13.8 Å². The average Bonchev–Trinajstić information content (AvgIpc) is 2.42. The van der Waals surface area contributed by atoms with Crippen molar-refractivity contribution in [1.82, 2.24) is 4.90 Å². The maximum Gasteiger partial charge on any atom is 0.314 e. The van der Waals surface area contributed by atoms with Crippen molar-refractivity contribution < 1.29 is 19.1 Å². The molecule has 0 aromatic heterocycles. The average molecular weight is 295 g/mol. The zero-order chi connectivity index (χ0) is 15.8. The summed E-state index contributed by atoms with van der Waals surface area (Å²) in [7, 11) is 1.45. The summed E-state index contributed by atoms with van der Waals surface area (Å²) < 4.78 is 10.8. The first-order chi connectivity index (χ1) is 9.97. The molecule has 0 unspecified atom stereocenters. The summed E-state index contributed by atoms with van der Waals surface area (Å²) in [6.45, 7) is 4.57. The van der Waals surface area contributed by atoms with Crippen molar-refractivity contribution in [2.45, 2.75) is 13.8 Å². The molecule has 0 fully saturated rings. The van der Waals surface area contributed by atoms with Crippen molar-refractivity contribution in [2.24, 2.45) is 5.73 Å². The van der Waals surface area contributed by atoms with Crippen LogP contribution in [0.4, 0.5) is 10.5 Å². The van der Waals surface area contributed by atoms with E-state index < -0.39 is 6.03 Å². The minimum atomic E-state index is -0.668. The molecule has 0 aliphatic carbocycles. The van der Waals surface area contributed by atoms with Gasteiger partial charge in [0, 0.05) is 13.1 Å². The number of nitrogens with zero attached hydrogens (tertiary/aromatic N) is 1. The molecule has 0 radical (unpaired) electrons. The predicted molar refractivity (Wildman–Crippen MR) is 79.6 cm³/mol. The van der Waals surface area contributed by atoms with E-state index in [9.17, 15) is 9.59 Å². The van der Waals surface area contributed by atoms with Crippen LogP contribution in [0.15, 0.2) is 18.2 Å². The van der Waals surface area contributed by atoms with Gasteiger partial charge in [-0.3, -0.25) is 4.79 Å². The van der Waals surface area contributed by atoms with Crippen LogP contribution < -0.4 is 20.5 Å². The Balaban J connectivity index is 2.85. The number of primary amides is 1. The van der Waals surface area contributed by atoms with Gasteiger partial charge in [-0.1, -0.05) is 0 Å². The molecule has 7 nitrogen and oxygen atoms in total. The standard InChI is InChI=1S/C14H21N3O4/c1-4-20-10-6-7-12(21-5-2)11(8-10)16-13(18)9-17(3)14(15)19/h6-8H,4-5,9H2,1-3H3,(H2,15,19)(H,16,18). The fraction of sp³-hybridized carbons (Fsp3) is 0.429. The van der Waals surface area contributed by atoms with E-state index in [1.165, 1.54) is 7.05 Å². The minimum absolute atomic E-state index is 0.139.